The number of phenolic OH excluding ortho intramolecular Hbond substituents is 1. The summed E-state index contributed by atoms with van der Waals surface area (Å²) in [6.45, 7) is 0. The molecular weight excluding hydrogens is 355 g/mol. The van der Waals surface area contributed by atoms with Gasteiger partial charge in [-0.25, -0.2) is 0 Å². The van der Waals surface area contributed by atoms with E-state index in [2.05, 4.69) is 22.6 Å². The van der Waals surface area contributed by atoms with Crippen molar-refractivity contribution in [3.05, 3.63) is 62.3 Å². The fourth-order valence-electron chi connectivity index (χ4n) is 1.96. The number of rotatable bonds is 1. The minimum Gasteiger partial charge on any atom is -0.507 e. The van der Waals surface area contributed by atoms with E-state index in [0.29, 0.717) is 11.3 Å². The number of phenols is 1. The van der Waals surface area contributed by atoms with Crippen LogP contribution in [0.1, 0.15) is 0 Å². The van der Waals surface area contributed by atoms with Crippen LogP contribution in [0.5, 0.6) is 5.75 Å². The molecule has 0 spiro atoms. The zero-order valence-electron chi connectivity index (χ0n) is 9.76. The number of aromatic hydroxyl groups is 1. The highest BCUT2D eigenvalue weighted by atomic mass is 127. The molecule has 0 aliphatic heterocycles. The van der Waals surface area contributed by atoms with Gasteiger partial charge in [0, 0.05) is 11.6 Å². The zero-order valence-corrected chi connectivity index (χ0v) is 11.9. The van der Waals surface area contributed by atoms with Gasteiger partial charge in [-0.3, -0.25) is 4.79 Å². The van der Waals surface area contributed by atoms with Gasteiger partial charge in [-0.15, -0.1) is 0 Å². The second-order valence-electron chi connectivity index (χ2n) is 4.11. The molecule has 1 N–H and O–H groups in total. The summed E-state index contributed by atoms with van der Waals surface area (Å²) in [5, 5.41) is 10.0. The average Bonchev–Trinajstić information content (AvgIpc) is 2.43. The van der Waals surface area contributed by atoms with Crippen LogP contribution in [0.4, 0.5) is 0 Å². The van der Waals surface area contributed by atoms with Crippen molar-refractivity contribution >= 4 is 33.6 Å². The highest BCUT2D eigenvalue weighted by molar-refractivity contribution is 14.1. The average molecular weight is 364 g/mol. The van der Waals surface area contributed by atoms with E-state index in [0.717, 1.165) is 9.13 Å². The van der Waals surface area contributed by atoms with Gasteiger partial charge in [0.2, 0.25) is 0 Å². The van der Waals surface area contributed by atoms with Crippen LogP contribution >= 0.6 is 22.6 Å². The Labute approximate surface area is 122 Å². The van der Waals surface area contributed by atoms with Crippen LogP contribution in [-0.4, -0.2) is 5.11 Å². The Morgan fingerprint density at radius 2 is 1.79 bits per heavy atom. The zero-order chi connectivity index (χ0) is 13.4. The van der Waals surface area contributed by atoms with Crippen molar-refractivity contribution in [3.63, 3.8) is 0 Å². The summed E-state index contributed by atoms with van der Waals surface area (Å²) < 4.78 is 6.56. The Balaban J connectivity index is 2.38. The number of hydrogen-bond donors (Lipinski definition) is 1. The van der Waals surface area contributed by atoms with E-state index in [9.17, 15) is 9.90 Å². The minimum atomic E-state index is -0.240. The molecule has 0 amide bonds. The lowest BCUT2D eigenvalue weighted by atomic mass is 10.1. The second kappa shape index (κ2) is 4.70. The molecule has 0 radical (unpaired) electrons. The van der Waals surface area contributed by atoms with E-state index >= 15 is 0 Å². The predicted molar refractivity (Wildman–Crippen MR) is 82.3 cm³/mol. The highest BCUT2D eigenvalue weighted by Crippen LogP contribution is 2.29. The van der Waals surface area contributed by atoms with Gasteiger partial charge in [-0.05, 0) is 34.7 Å². The summed E-state index contributed by atoms with van der Waals surface area (Å²) in [5.41, 5.74) is 1.02. The van der Waals surface area contributed by atoms with Gasteiger partial charge in [0.1, 0.15) is 16.9 Å². The van der Waals surface area contributed by atoms with Crippen molar-refractivity contribution in [2.24, 2.45) is 0 Å². The number of hydrogen-bond acceptors (Lipinski definition) is 3. The van der Waals surface area contributed by atoms with Gasteiger partial charge in [0.15, 0.2) is 11.0 Å². The summed E-state index contributed by atoms with van der Waals surface area (Å²) in [6.07, 6.45) is 0. The van der Waals surface area contributed by atoms with Gasteiger partial charge < -0.3 is 9.52 Å². The van der Waals surface area contributed by atoms with Crippen LogP contribution < -0.4 is 5.43 Å². The van der Waals surface area contributed by atoms with Crippen molar-refractivity contribution in [3.8, 4) is 17.1 Å². The SMILES string of the molecule is O=c1cc(-c2ccccc2)oc2c(I)ccc(O)c12. The van der Waals surface area contributed by atoms with E-state index in [1.807, 2.05) is 30.3 Å². The van der Waals surface area contributed by atoms with Crippen LogP contribution in [0.3, 0.4) is 0 Å². The lowest BCUT2D eigenvalue weighted by Gasteiger charge is -2.05. The topological polar surface area (TPSA) is 50.4 Å². The van der Waals surface area contributed by atoms with Crippen molar-refractivity contribution < 1.29 is 9.52 Å². The van der Waals surface area contributed by atoms with Crippen molar-refractivity contribution in [2.75, 3.05) is 0 Å². The molecule has 3 nitrogen and oxygen atoms in total. The number of fused-ring (bicyclic) bond motifs is 1. The molecule has 0 saturated heterocycles. The van der Waals surface area contributed by atoms with E-state index in [1.54, 1.807) is 6.07 Å². The second-order valence-corrected chi connectivity index (χ2v) is 5.27. The molecule has 3 rings (SSSR count). The van der Waals surface area contributed by atoms with Crippen molar-refractivity contribution in [1.82, 2.24) is 0 Å². The summed E-state index contributed by atoms with van der Waals surface area (Å²) in [5.74, 6) is 0.449. The molecule has 0 unspecified atom stereocenters. The summed E-state index contributed by atoms with van der Waals surface area (Å²) >= 11 is 2.08. The lowest BCUT2D eigenvalue weighted by Crippen LogP contribution is -2.01. The maximum atomic E-state index is 12.1. The molecule has 0 bridgehead atoms. The third-order valence-corrected chi connectivity index (χ3v) is 3.72. The molecule has 0 aliphatic carbocycles. The molecule has 19 heavy (non-hydrogen) atoms. The fraction of sp³-hybridized carbons (Fsp3) is 0. The molecule has 3 aromatic rings. The molecule has 2 aromatic carbocycles. The molecular formula is C15H9IO3. The Kier molecular flexibility index (Phi) is 3.02. The standard InChI is InChI=1S/C15H9IO3/c16-10-6-7-11(17)14-12(18)8-13(19-15(10)14)9-4-2-1-3-5-9/h1-8,17H. The molecule has 0 saturated carbocycles. The lowest BCUT2D eigenvalue weighted by molar-refractivity contribution is 0.479. The van der Waals surface area contributed by atoms with Crippen LogP contribution in [0, 0.1) is 3.57 Å². The first-order valence-corrected chi connectivity index (χ1v) is 6.75. The molecule has 4 heteroatoms. The molecule has 1 heterocycles. The Bertz CT molecular complexity index is 807. The third-order valence-electron chi connectivity index (χ3n) is 2.87. The van der Waals surface area contributed by atoms with Crippen LogP contribution in [0.25, 0.3) is 22.3 Å². The van der Waals surface area contributed by atoms with E-state index in [-0.39, 0.29) is 16.6 Å². The van der Waals surface area contributed by atoms with Gasteiger partial charge in [-0.1, -0.05) is 30.3 Å². The fourth-order valence-corrected chi connectivity index (χ4v) is 2.52. The molecule has 0 atom stereocenters. The molecule has 0 aliphatic rings. The van der Waals surface area contributed by atoms with Crippen LogP contribution in [0.2, 0.25) is 0 Å². The first-order chi connectivity index (χ1) is 9.16. The van der Waals surface area contributed by atoms with E-state index < -0.39 is 0 Å². The summed E-state index contributed by atoms with van der Waals surface area (Å²) in [6, 6.07) is 14.0. The Morgan fingerprint density at radius 3 is 2.53 bits per heavy atom. The minimum absolute atomic E-state index is 0.0521. The molecule has 1 aromatic heterocycles. The Morgan fingerprint density at radius 1 is 1.05 bits per heavy atom. The maximum absolute atomic E-state index is 12.1. The van der Waals surface area contributed by atoms with E-state index in [4.69, 9.17) is 4.42 Å². The third kappa shape index (κ3) is 2.12. The van der Waals surface area contributed by atoms with Gasteiger partial charge in [-0.2, -0.15) is 0 Å². The predicted octanol–water partition coefficient (Wildman–Crippen LogP) is 3.77. The van der Waals surface area contributed by atoms with Gasteiger partial charge in [0.25, 0.3) is 0 Å². The van der Waals surface area contributed by atoms with Crippen molar-refractivity contribution in [2.45, 2.75) is 0 Å². The normalized spacial score (nSPS) is 10.8. The van der Waals surface area contributed by atoms with Gasteiger partial charge in [0.05, 0.1) is 3.57 Å². The van der Waals surface area contributed by atoms with Gasteiger partial charge >= 0.3 is 0 Å². The first kappa shape index (κ1) is 12.2. The first-order valence-electron chi connectivity index (χ1n) is 5.67. The van der Waals surface area contributed by atoms with Crippen molar-refractivity contribution in [1.29, 1.82) is 0 Å². The van der Waals surface area contributed by atoms with Crippen LogP contribution in [0.15, 0.2) is 57.7 Å². The number of halogens is 1. The summed E-state index contributed by atoms with van der Waals surface area (Å²) in [4.78, 5) is 12.1. The summed E-state index contributed by atoms with van der Waals surface area (Å²) in [7, 11) is 0. The largest absolute Gasteiger partial charge is 0.507 e. The Hall–Kier alpha value is -1.82. The quantitative estimate of drug-likeness (QED) is 0.669. The maximum Gasteiger partial charge on any atom is 0.197 e. The monoisotopic (exact) mass is 364 g/mol. The van der Waals surface area contributed by atoms with E-state index in [1.165, 1.54) is 12.1 Å². The highest BCUT2D eigenvalue weighted by Gasteiger charge is 2.12. The molecule has 94 valence electrons. The molecule has 0 fully saturated rings. The van der Waals surface area contributed by atoms with Crippen LogP contribution in [-0.2, 0) is 0 Å². The smallest absolute Gasteiger partial charge is 0.197 e. The number of benzene rings is 2.